The van der Waals surface area contributed by atoms with Gasteiger partial charge in [-0.15, -0.1) is 11.3 Å². The van der Waals surface area contributed by atoms with Gasteiger partial charge in [0.2, 0.25) is 5.91 Å². The SMILES string of the molecule is CC(=O)NC(=O)c1sc2nc(N)c(C#N)cc2c1N. The van der Waals surface area contributed by atoms with Crippen LogP contribution >= 0.6 is 11.3 Å². The Morgan fingerprint density at radius 3 is 2.74 bits per heavy atom. The molecule has 2 heterocycles. The molecule has 0 radical (unpaired) electrons. The normalized spacial score (nSPS) is 10.1. The highest BCUT2D eigenvalue weighted by molar-refractivity contribution is 7.21. The summed E-state index contributed by atoms with van der Waals surface area (Å²) in [7, 11) is 0. The second-order valence-corrected chi connectivity index (χ2v) is 4.74. The molecule has 2 amide bonds. The summed E-state index contributed by atoms with van der Waals surface area (Å²) < 4.78 is 0. The molecule has 0 aromatic carbocycles. The molecule has 5 N–H and O–H groups in total. The topological polar surface area (TPSA) is 135 Å². The molecule has 0 spiro atoms. The minimum atomic E-state index is -0.593. The predicted octanol–water partition coefficient (Wildman–Crippen LogP) is 0.609. The minimum Gasteiger partial charge on any atom is -0.397 e. The lowest BCUT2D eigenvalue weighted by Gasteiger charge is -1.99. The third-order valence-corrected chi connectivity index (χ3v) is 3.48. The fourth-order valence-electron chi connectivity index (χ4n) is 1.53. The number of nitriles is 1. The number of amides is 2. The van der Waals surface area contributed by atoms with Crippen LogP contribution in [-0.2, 0) is 4.79 Å². The highest BCUT2D eigenvalue weighted by Crippen LogP contribution is 2.34. The van der Waals surface area contributed by atoms with Crippen molar-refractivity contribution in [1.82, 2.24) is 10.3 Å². The maximum absolute atomic E-state index is 11.8. The molecule has 0 saturated heterocycles. The third kappa shape index (κ3) is 2.19. The van der Waals surface area contributed by atoms with E-state index < -0.39 is 11.8 Å². The fraction of sp³-hybridized carbons (Fsp3) is 0.0909. The zero-order valence-corrected chi connectivity index (χ0v) is 10.7. The van der Waals surface area contributed by atoms with Crippen molar-refractivity contribution >= 4 is 44.9 Å². The number of aromatic nitrogens is 1. The molecule has 7 nitrogen and oxygen atoms in total. The van der Waals surface area contributed by atoms with Gasteiger partial charge in [-0.1, -0.05) is 0 Å². The van der Waals surface area contributed by atoms with E-state index in [9.17, 15) is 9.59 Å². The Morgan fingerprint density at radius 2 is 2.16 bits per heavy atom. The lowest BCUT2D eigenvalue weighted by Crippen LogP contribution is -2.27. The van der Waals surface area contributed by atoms with Gasteiger partial charge >= 0.3 is 0 Å². The molecule has 0 aliphatic carbocycles. The van der Waals surface area contributed by atoms with E-state index in [1.165, 1.54) is 13.0 Å². The van der Waals surface area contributed by atoms with Crippen molar-refractivity contribution in [3.63, 3.8) is 0 Å². The number of nitrogens with one attached hydrogen (secondary N) is 1. The van der Waals surface area contributed by atoms with Crippen LogP contribution in [-0.4, -0.2) is 16.8 Å². The first-order valence-electron chi connectivity index (χ1n) is 5.14. The lowest BCUT2D eigenvalue weighted by molar-refractivity contribution is -0.118. The maximum atomic E-state index is 11.8. The van der Waals surface area contributed by atoms with E-state index >= 15 is 0 Å². The molecule has 2 aromatic heterocycles. The van der Waals surface area contributed by atoms with Crippen LogP contribution in [0.1, 0.15) is 22.2 Å². The molecule has 0 aliphatic rings. The number of fused-ring (bicyclic) bond motifs is 1. The number of thiophene rings is 1. The molecule has 0 aliphatic heterocycles. The van der Waals surface area contributed by atoms with Crippen molar-refractivity contribution in [3.8, 4) is 6.07 Å². The Hall–Kier alpha value is -2.66. The van der Waals surface area contributed by atoms with Gasteiger partial charge in [0.1, 0.15) is 21.6 Å². The molecule has 0 fully saturated rings. The number of nitrogens with two attached hydrogens (primary N) is 2. The average molecular weight is 275 g/mol. The Labute approximate surface area is 111 Å². The summed E-state index contributed by atoms with van der Waals surface area (Å²) in [6.07, 6.45) is 0. The maximum Gasteiger partial charge on any atom is 0.270 e. The van der Waals surface area contributed by atoms with Gasteiger partial charge in [0.15, 0.2) is 0 Å². The molecule has 96 valence electrons. The van der Waals surface area contributed by atoms with Crippen molar-refractivity contribution in [3.05, 3.63) is 16.5 Å². The van der Waals surface area contributed by atoms with Gasteiger partial charge in [-0.05, 0) is 6.07 Å². The largest absolute Gasteiger partial charge is 0.397 e. The number of pyridine rings is 1. The summed E-state index contributed by atoms with van der Waals surface area (Å²) in [5.74, 6) is -0.994. The molecular weight excluding hydrogens is 266 g/mol. The number of rotatable bonds is 1. The highest BCUT2D eigenvalue weighted by Gasteiger charge is 2.19. The first-order chi connectivity index (χ1) is 8.93. The van der Waals surface area contributed by atoms with Crippen molar-refractivity contribution < 1.29 is 9.59 Å². The van der Waals surface area contributed by atoms with Crippen LogP contribution in [0, 0.1) is 11.3 Å². The second-order valence-electron chi connectivity index (χ2n) is 3.74. The number of imide groups is 1. The summed E-state index contributed by atoms with van der Waals surface area (Å²) in [6, 6.07) is 3.37. The van der Waals surface area contributed by atoms with E-state index in [0.717, 1.165) is 11.3 Å². The molecular formula is C11H9N5O2S. The van der Waals surface area contributed by atoms with Crippen molar-refractivity contribution in [1.29, 1.82) is 5.26 Å². The number of anilines is 2. The van der Waals surface area contributed by atoms with E-state index in [1.807, 2.05) is 6.07 Å². The molecule has 0 bridgehead atoms. The number of nitrogen functional groups attached to an aromatic ring is 2. The third-order valence-electron chi connectivity index (χ3n) is 2.37. The van der Waals surface area contributed by atoms with Crippen LogP contribution in [0.2, 0.25) is 0 Å². The average Bonchev–Trinajstić information content (AvgIpc) is 2.64. The van der Waals surface area contributed by atoms with Crippen LogP contribution in [0.5, 0.6) is 0 Å². The van der Waals surface area contributed by atoms with Gasteiger partial charge in [-0.25, -0.2) is 4.98 Å². The Bertz CT molecular complexity index is 744. The summed E-state index contributed by atoms with van der Waals surface area (Å²) in [6.45, 7) is 1.23. The van der Waals surface area contributed by atoms with Crippen molar-refractivity contribution in [2.24, 2.45) is 0 Å². The molecule has 0 atom stereocenters. The van der Waals surface area contributed by atoms with Crippen LogP contribution < -0.4 is 16.8 Å². The quantitative estimate of drug-likeness (QED) is 0.697. The number of hydrogen-bond donors (Lipinski definition) is 3. The number of carbonyl (C=O) groups is 2. The van der Waals surface area contributed by atoms with Crippen molar-refractivity contribution in [2.45, 2.75) is 6.92 Å². The summed E-state index contributed by atoms with van der Waals surface area (Å²) in [5.41, 5.74) is 11.8. The zero-order valence-electron chi connectivity index (χ0n) is 9.85. The van der Waals surface area contributed by atoms with E-state index in [4.69, 9.17) is 16.7 Å². The molecule has 0 saturated carbocycles. The molecule has 2 aromatic rings. The van der Waals surface area contributed by atoms with E-state index in [2.05, 4.69) is 10.3 Å². The lowest BCUT2D eigenvalue weighted by atomic mass is 10.2. The summed E-state index contributed by atoms with van der Waals surface area (Å²) >= 11 is 1.02. The highest BCUT2D eigenvalue weighted by atomic mass is 32.1. The van der Waals surface area contributed by atoms with Crippen molar-refractivity contribution in [2.75, 3.05) is 11.5 Å². The van der Waals surface area contributed by atoms with Gasteiger partial charge in [-0.2, -0.15) is 5.26 Å². The van der Waals surface area contributed by atoms with E-state index in [1.54, 1.807) is 0 Å². The standard InChI is InChI=1S/C11H9N5O2S/c1-4(17)15-10(18)8-7(13)6-2-5(3-12)9(14)16-11(6)19-8/h2H,13H2,1H3,(H2,14,16)(H,15,17,18). The van der Waals surface area contributed by atoms with E-state index in [-0.39, 0.29) is 21.9 Å². The van der Waals surface area contributed by atoms with Crippen LogP contribution in [0.25, 0.3) is 10.2 Å². The van der Waals surface area contributed by atoms with E-state index in [0.29, 0.717) is 10.2 Å². The molecule has 8 heteroatoms. The first kappa shape index (κ1) is 12.8. The van der Waals surface area contributed by atoms with Crippen LogP contribution in [0.3, 0.4) is 0 Å². The smallest absolute Gasteiger partial charge is 0.270 e. The van der Waals surface area contributed by atoms with Crippen LogP contribution in [0.4, 0.5) is 11.5 Å². The van der Waals surface area contributed by atoms with Gasteiger partial charge in [-0.3, -0.25) is 14.9 Å². The minimum absolute atomic E-state index is 0.0785. The number of carbonyl (C=O) groups excluding carboxylic acids is 2. The number of nitrogens with zero attached hydrogens (tertiary/aromatic N) is 2. The van der Waals surface area contributed by atoms with Gasteiger partial charge < -0.3 is 11.5 Å². The fourth-order valence-corrected chi connectivity index (χ4v) is 2.51. The van der Waals surface area contributed by atoms with Gasteiger partial charge in [0.05, 0.1) is 11.3 Å². The predicted molar refractivity (Wildman–Crippen MR) is 71.3 cm³/mol. The van der Waals surface area contributed by atoms with Crippen LogP contribution in [0.15, 0.2) is 6.07 Å². The Balaban J connectivity index is 2.61. The number of hydrogen-bond acceptors (Lipinski definition) is 7. The zero-order chi connectivity index (χ0) is 14.2. The van der Waals surface area contributed by atoms with Gasteiger partial charge in [0, 0.05) is 12.3 Å². The molecule has 19 heavy (non-hydrogen) atoms. The molecule has 0 unspecified atom stereocenters. The second kappa shape index (κ2) is 4.55. The Kier molecular flexibility index (Phi) is 3.06. The Morgan fingerprint density at radius 1 is 1.47 bits per heavy atom. The summed E-state index contributed by atoms with van der Waals surface area (Å²) in [5, 5.41) is 11.5. The first-order valence-corrected chi connectivity index (χ1v) is 5.96. The van der Waals surface area contributed by atoms with Gasteiger partial charge in [0.25, 0.3) is 5.91 Å². The molecule has 2 rings (SSSR count). The monoisotopic (exact) mass is 275 g/mol. The summed E-state index contributed by atoms with van der Waals surface area (Å²) in [4.78, 5) is 27.3.